The van der Waals surface area contributed by atoms with Crippen molar-refractivity contribution in [2.45, 2.75) is 71.6 Å². The summed E-state index contributed by atoms with van der Waals surface area (Å²) in [5.41, 5.74) is 0. The molecule has 0 aliphatic carbocycles. The minimum Gasteiger partial charge on any atom is -0.263 e. The lowest BCUT2D eigenvalue weighted by Crippen LogP contribution is -1.95. The highest BCUT2D eigenvalue weighted by Crippen LogP contribution is 2.05. The zero-order chi connectivity index (χ0) is 14.9. The second-order valence-electron chi connectivity index (χ2n) is 5.46. The molecule has 6 nitrogen and oxygen atoms in total. The molecule has 116 valence electrons. The van der Waals surface area contributed by atoms with Gasteiger partial charge in [0.25, 0.3) is 0 Å². The highest BCUT2D eigenvalue weighted by Gasteiger charge is 2.05. The van der Waals surface area contributed by atoms with Gasteiger partial charge in [0.15, 0.2) is 11.6 Å². The molecule has 0 aromatic carbocycles. The van der Waals surface area contributed by atoms with E-state index >= 15 is 0 Å². The van der Waals surface area contributed by atoms with E-state index in [2.05, 4.69) is 44.2 Å². The summed E-state index contributed by atoms with van der Waals surface area (Å²) in [5, 5.41) is 14.5. The monoisotopic (exact) mass is 290 g/mol. The second-order valence-corrected chi connectivity index (χ2v) is 5.46. The largest absolute Gasteiger partial charge is 0.263 e. The van der Waals surface area contributed by atoms with Crippen molar-refractivity contribution in [2.75, 3.05) is 0 Å². The van der Waals surface area contributed by atoms with Crippen LogP contribution < -0.4 is 0 Å². The zero-order valence-corrected chi connectivity index (χ0v) is 13.2. The van der Waals surface area contributed by atoms with Crippen LogP contribution in [0, 0.1) is 0 Å². The first-order valence-corrected chi connectivity index (χ1v) is 8.12. The maximum Gasteiger partial charge on any atom is 0.150 e. The van der Waals surface area contributed by atoms with Crippen molar-refractivity contribution in [1.82, 2.24) is 30.4 Å². The lowest BCUT2D eigenvalue weighted by atomic mass is 10.2. The molecule has 2 rings (SSSR count). The van der Waals surface area contributed by atoms with Gasteiger partial charge in [-0.25, -0.2) is 9.97 Å². The van der Waals surface area contributed by atoms with Crippen LogP contribution in [0.2, 0.25) is 0 Å². The summed E-state index contributed by atoms with van der Waals surface area (Å²) >= 11 is 0. The Morgan fingerprint density at radius 1 is 0.667 bits per heavy atom. The van der Waals surface area contributed by atoms with Crippen molar-refractivity contribution in [3.63, 3.8) is 0 Å². The fourth-order valence-corrected chi connectivity index (χ4v) is 2.21. The Labute approximate surface area is 126 Å². The molecule has 21 heavy (non-hydrogen) atoms. The number of aromatic amines is 2. The van der Waals surface area contributed by atoms with Crippen molar-refractivity contribution < 1.29 is 0 Å². The Morgan fingerprint density at radius 2 is 1.14 bits per heavy atom. The minimum atomic E-state index is 0.907. The Kier molecular flexibility index (Phi) is 6.37. The van der Waals surface area contributed by atoms with Gasteiger partial charge >= 0.3 is 0 Å². The first kappa shape index (κ1) is 15.7. The lowest BCUT2D eigenvalue weighted by Gasteiger charge is -1.95. The number of aromatic nitrogens is 6. The summed E-state index contributed by atoms with van der Waals surface area (Å²) in [4.78, 5) is 9.02. The van der Waals surface area contributed by atoms with Crippen LogP contribution in [0.4, 0.5) is 0 Å². The van der Waals surface area contributed by atoms with E-state index in [1.807, 2.05) is 0 Å². The third kappa shape index (κ3) is 5.28. The van der Waals surface area contributed by atoms with Gasteiger partial charge in [0.1, 0.15) is 11.6 Å². The van der Waals surface area contributed by atoms with Crippen molar-refractivity contribution in [3.8, 4) is 0 Å². The molecule has 0 radical (unpaired) electrons. The number of nitrogens with zero attached hydrogens (tertiary/aromatic N) is 4. The smallest absolute Gasteiger partial charge is 0.150 e. The third-order valence-electron chi connectivity index (χ3n) is 3.49. The van der Waals surface area contributed by atoms with Crippen molar-refractivity contribution in [2.24, 2.45) is 0 Å². The van der Waals surface area contributed by atoms with Crippen LogP contribution in [0.5, 0.6) is 0 Å². The number of nitrogens with one attached hydrogen (secondary N) is 2. The molecule has 0 saturated heterocycles. The van der Waals surface area contributed by atoms with Gasteiger partial charge in [0.05, 0.1) is 0 Å². The van der Waals surface area contributed by atoms with Gasteiger partial charge in [-0.05, 0) is 19.3 Å². The number of rotatable bonds is 10. The number of H-pyrrole nitrogens is 2. The quantitative estimate of drug-likeness (QED) is 0.705. The Hall–Kier alpha value is -1.72. The van der Waals surface area contributed by atoms with E-state index < -0.39 is 0 Å². The third-order valence-corrected chi connectivity index (χ3v) is 3.49. The van der Waals surface area contributed by atoms with Crippen LogP contribution in [0.15, 0.2) is 0 Å². The fourth-order valence-electron chi connectivity index (χ4n) is 2.21. The molecular formula is C15H26N6. The molecule has 0 amide bonds. The topological polar surface area (TPSA) is 83.1 Å². The van der Waals surface area contributed by atoms with Crippen LogP contribution in [-0.4, -0.2) is 30.4 Å². The second kappa shape index (κ2) is 8.54. The summed E-state index contributed by atoms with van der Waals surface area (Å²) in [5.74, 6) is 3.83. The fraction of sp³-hybridized carbons (Fsp3) is 0.733. The number of aryl methyl sites for hydroxylation is 4. The first-order chi connectivity index (χ1) is 10.3. The molecule has 2 aromatic rings. The molecule has 0 aliphatic rings. The molecule has 2 N–H and O–H groups in total. The van der Waals surface area contributed by atoms with E-state index in [0.717, 1.165) is 68.2 Å². The normalized spacial score (nSPS) is 11.1. The van der Waals surface area contributed by atoms with Gasteiger partial charge in [-0.1, -0.05) is 26.7 Å². The summed E-state index contributed by atoms with van der Waals surface area (Å²) in [7, 11) is 0. The maximum atomic E-state index is 4.51. The predicted molar refractivity (Wildman–Crippen MR) is 82.0 cm³/mol. The van der Waals surface area contributed by atoms with E-state index in [4.69, 9.17) is 0 Å². The Balaban J connectivity index is 1.71. The lowest BCUT2D eigenvalue weighted by molar-refractivity contribution is 0.738. The van der Waals surface area contributed by atoms with Crippen molar-refractivity contribution in [1.29, 1.82) is 0 Å². The highest BCUT2D eigenvalue weighted by atomic mass is 15.2. The van der Waals surface area contributed by atoms with E-state index in [1.165, 1.54) is 12.8 Å². The molecular weight excluding hydrogens is 264 g/mol. The summed E-state index contributed by atoms with van der Waals surface area (Å²) in [6.07, 6.45) is 9.40. The van der Waals surface area contributed by atoms with E-state index in [-0.39, 0.29) is 0 Å². The SMILES string of the molecule is CCCCc1n[nH]c(CCCc2nc(CCCC)n[nH]2)n1. The zero-order valence-electron chi connectivity index (χ0n) is 13.2. The molecule has 2 heterocycles. The van der Waals surface area contributed by atoms with Gasteiger partial charge in [-0.3, -0.25) is 10.2 Å². The average molecular weight is 290 g/mol. The number of unbranched alkanes of at least 4 members (excludes halogenated alkanes) is 2. The van der Waals surface area contributed by atoms with Gasteiger partial charge in [0.2, 0.25) is 0 Å². The van der Waals surface area contributed by atoms with Gasteiger partial charge < -0.3 is 0 Å². The van der Waals surface area contributed by atoms with E-state index in [9.17, 15) is 0 Å². The Bertz CT molecular complexity index is 469. The molecule has 6 heteroatoms. The van der Waals surface area contributed by atoms with Crippen LogP contribution in [0.25, 0.3) is 0 Å². The molecule has 0 spiro atoms. The first-order valence-electron chi connectivity index (χ1n) is 8.12. The molecule has 0 unspecified atom stereocenters. The summed E-state index contributed by atoms with van der Waals surface area (Å²) < 4.78 is 0. The van der Waals surface area contributed by atoms with Crippen molar-refractivity contribution in [3.05, 3.63) is 23.3 Å². The molecule has 0 aliphatic heterocycles. The van der Waals surface area contributed by atoms with Crippen LogP contribution in [-0.2, 0) is 25.7 Å². The standard InChI is InChI=1S/C15H26N6/c1-3-5-8-12-16-14(20-18-12)10-7-11-15-17-13(19-21-15)9-6-4-2/h3-11H2,1-2H3,(H,16,18,20)(H,17,19,21). The van der Waals surface area contributed by atoms with Gasteiger partial charge in [-0.2, -0.15) is 10.2 Å². The van der Waals surface area contributed by atoms with Crippen LogP contribution in [0.1, 0.15) is 69.2 Å². The molecule has 0 atom stereocenters. The molecule has 0 bridgehead atoms. The molecule has 0 fully saturated rings. The summed E-state index contributed by atoms with van der Waals surface area (Å²) in [6.45, 7) is 4.36. The van der Waals surface area contributed by atoms with Crippen LogP contribution >= 0.6 is 0 Å². The van der Waals surface area contributed by atoms with Crippen molar-refractivity contribution >= 4 is 0 Å². The van der Waals surface area contributed by atoms with Crippen LogP contribution in [0.3, 0.4) is 0 Å². The average Bonchev–Trinajstić information content (AvgIpc) is 3.12. The van der Waals surface area contributed by atoms with Gasteiger partial charge in [-0.15, -0.1) is 0 Å². The highest BCUT2D eigenvalue weighted by molar-refractivity contribution is 4.94. The molecule has 2 aromatic heterocycles. The number of hydrogen-bond acceptors (Lipinski definition) is 4. The van der Waals surface area contributed by atoms with Gasteiger partial charge in [0, 0.05) is 25.7 Å². The Morgan fingerprint density at radius 3 is 1.57 bits per heavy atom. The predicted octanol–water partition coefficient (Wildman–Crippen LogP) is 2.78. The van der Waals surface area contributed by atoms with E-state index in [1.54, 1.807) is 0 Å². The van der Waals surface area contributed by atoms with E-state index in [0.29, 0.717) is 0 Å². The minimum absolute atomic E-state index is 0.907. The summed E-state index contributed by atoms with van der Waals surface area (Å²) in [6, 6.07) is 0. The number of hydrogen-bond donors (Lipinski definition) is 2. The molecule has 0 saturated carbocycles. The maximum absolute atomic E-state index is 4.51.